The lowest BCUT2D eigenvalue weighted by molar-refractivity contribution is 0.249. The number of rotatable bonds is 3. The van der Waals surface area contributed by atoms with E-state index in [9.17, 15) is 4.79 Å². The summed E-state index contributed by atoms with van der Waals surface area (Å²) in [5, 5.41) is 3.79. The van der Waals surface area contributed by atoms with Gasteiger partial charge in [0.2, 0.25) is 0 Å². The summed E-state index contributed by atoms with van der Waals surface area (Å²) in [5.74, 6) is 0. The standard InChI is InChI=1S/C9H13N5OS/c1-5-3-7(12-9(16)11-5)4-6(2)13-14-8(10)15/h3H,4H2,1-2H3,(H3,10,14,15)(H,11,12,16). The van der Waals surface area contributed by atoms with Crippen LogP contribution < -0.4 is 11.2 Å². The van der Waals surface area contributed by atoms with Crippen LogP contribution in [0.5, 0.6) is 0 Å². The van der Waals surface area contributed by atoms with Crippen LogP contribution in [0.2, 0.25) is 0 Å². The minimum atomic E-state index is -0.686. The minimum Gasteiger partial charge on any atom is -0.350 e. The van der Waals surface area contributed by atoms with Crippen molar-refractivity contribution in [2.24, 2.45) is 10.8 Å². The number of carbonyl (C=O) groups is 1. The van der Waals surface area contributed by atoms with E-state index in [0.717, 1.165) is 11.4 Å². The third-order valence-electron chi connectivity index (χ3n) is 1.73. The van der Waals surface area contributed by atoms with E-state index < -0.39 is 6.03 Å². The van der Waals surface area contributed by atoms with Gasteiger partial charge in [-0.25, -0.2) is 15.2 Å². The van der Waals surface area contributed by atoms with E-state index in [1.54, 1.807) is 6.92 Å². The van der Waals surface area contributed by atoms with Crippen LogP contribution in [0.3, 0.4) is 0 Å². The molecule has 2 amide bonds. The molecule has 1 heterocycles. The van der Waals surface area contributed by atoms with Gasteiger partial charge in [-0.15, -0.1) is 0 Å². The van der Waals surface area contributed by atoms with Crippen LogP contribution in [-0.4, -0.2) is 21.7 Å². The summed E-state index contributed by atoms with van der Waals surface area (Å²) < 4.78 is 0.436. The fourth-order valence-electron chi connectivity index (χ4n) is 1.19. The average molecular weight is 239 g/mol. The zero-order valence-corrected chi connectivity index (χ0v) is 9.89. The Labute approximate surface area is 98.0 Å². The maximum absolute atomic E-state index is 10.4. The Morgan fingerprint density at radius 3 is 3.00 bits per heavy atom. The lowest BCUT2D eigenvalue weighted by Gasteiger charge is -2.02. The molecule has 0 radical (unpaired) electrons. The smallest absolute Gasteiger partial charge is 0.332 e. The van der Waals surface area contributed by atoms with E-state index in [-0.39, 0.29) is 0 Å². The number of aromatic nitrogens is 2. The number of nitrogens with one attached hydrogen (secondary N) is 2. The first-order valence-electron chi connectivity index (χ1n) is 4.63. The van der Waals surface area contributed by atoms with Gasteiger partial charge < -0.3 is 10.7 Å². The van der Waals surface area contributed by atoms with Gasteiger partial charge >= 0.3 is 6.03 Å². The molecule has 16 heavy (non-hydrogen) atoms. The number of aromatic amines is 1. The molecule has 0 aliphatic rings. The van der Waals surface area contributed by atoms with Crippen molar-refractivity contribution < 1.29 is 4.79 Å². The Hall–Kier alpha value is -1.76. The van der Waals surface area contributed by atoms with Gasteiger partial charge in [0.25, 0.3) is 0 Å². The lowest BCUT2D eigenvalue weighted by Crippen LogP contribution is -2.25. The molecule has 0 saturated carbocycles. The summed E-state index contributed by atoms with van der Waals surface area (Å²) in [5.41, 5.74) is 9.48. The summed E-state index contributed by atoms with van der Waals surface area (Å²) in [6.07, 6.45) is 0.513. The van der Waals surface area contributed by atoms with Crippen LogP contribution in [0.25, 0.3) is 0 Å². The summed E-state index contributed by atoms with van der Waals surface area (Å²) in [4.78, 5) is 17.5. The number of hydrogen-bond donors (Lipinski definition) is 3. The predicted octanol–water partition coefficient (Wildman–Crippen LogP) is 1.03. The molecule has 0 unspecified atom stereocenters. The number of primary amides is 1. The van der Waals surface area contributed by atoms with Gasteiger partial charge in [-0.2, -0.15) is 5.10 Å². The molecule has 0 aromatic carbocycles. The highest BCUT2D eigenvalue weighted by Crippen LogP contribution is 2.00. The molecule has 0 atom stereocenters. The van der Waals surface area contributed by atoms with Gasteiger partial charge in [-0.05, 0) is 32.1 Å². The summed E-state index contributed by atoms with van der Waals surface area (Å²) >= 11 is 4.95. The molecule has 0 aliphatic heterocycles. The molecular formula is C9H13N5OS. The zero-order valence-electron chi connectivity index (χ0n) is 9.07. The summed E-state index contributed by atoms with van der Waals surface area (Å²) in [6, 6.07) is 1.19. The molecule has 0 spiro atoms. The van der Waals surface area contributed by atoms with Gasteiger partial charge in [0.15, 0.2) is 4.77 Å². The highest BCUT2D eigenvalue weighted by Gasteiger charge is 2.00. The molecular weight excluding hydrogens is 226 g/mol. The Balaban J connectivity index is 2.76. The van der Waals surface area contributed by atoms with Crippen LogP contribution in [0, 0.1) is 11.7 Å². The second-order valence-corrected chi connectivity index (χ2v) is 3.75. The molecule has 0 saturated heterocycles. The van der Waals surface area contributed by atoms with Crippen molar-refractivity contribution in [3.05, 3.63) is 22.2 Å². The summed E-state index contributed by atoms with van der Waals surface area (Å²) in [7, 11) is 0. The normalized spacial score (nSPS) is 11.2. The fraction of sp³-hybridized carbons (Fsp3) is 0.333. The Morgan fingerprint density at radius 2 is 2.44 bits per heavy atom. The zero-order chi connectivity index (χ0) is 12.1. The van der Waals surface area contributed by atoms with Crippen LogP contribution in [-0.2, 0) is 6.42 Å². The quantitative estimate of drug-likeness (QED) is 0.417. The monoisotopic (exact) mass is 239 g/mol. The number of aryl methyl sites for hydroxylation is 1. The maximum atomic E-state index is 10.4. The van der Waals surface area contributed by atoms with E-state index in [1.165, 1.54) is 0 Å². The largest absolute Gasteiger partial charge is 0.350 e. The van der Waals surface area contributed by atoms with Gasteiger partial charge in [-0.3, -0.25) is 0 Å². The number of hydrogen-bond acceptors (Lipinski definition) is 4. The molecule has 1 rings (SSSR count). The van der Waals surface area contributed by atoms with Crippen LogP contribution in [0.4, 0.5) is 4.79 Å². The second kappa shape index (κ2) is 5.36. The van der Waals surface area contributed by atoms with E-state index in [4.69, 9.17) is 18.0 Å². The van der Waals surface area contributed by atoms with Gasteiger partial charge in [0.05, 0.1) is 5.69 Å². The molecule has 1 aromatic rings. The average Bonchev–Trinajstić information content (AvgIpc) is 2.12. The molecule has 0 aliphatic carbocycles. The minimum absolute atomic E-state index is 0.436. The van der Waals surface area contributed by atoms with Crippen LogP contribution >= 0.6 is 12.2 Å². The Morgan fingerprint density at radius 1 is 1.75 bits per heavy atom. The lowest BCUT2D eigenvalue weighted by atomic mass is 10.2. The number of nitrogens with two attached hydrogens (primary N) is 1. The highest BCUT2D eigenvalue weighted by molar-refractivity contribution is 7.71. The maximum Gasteiger partial charge on any atom is 0.332 e. The molecule has 86 valence electrons. The first-order valence-corrected chi connectivity index (χ1v) is 5.03. The number of amides is 2. The number of carbonyl (C=O) groups excluding carboxylic acids is 1. The topological polar surface area (TPSA) is 96.2 Å². The van der Waals surface area contributed by atoms with Crippen molar-refractivity contribution in [2.45, 2.75) is 20.3 Å². The molecule has 1 aromatic heterocycles. The SMILES string of the molecule is CC(Cc1cc(C)[nH]c(=S)n1)=NNC(N)=O. The van der Waals surface area contributed by atoms with Gasteiger partial charge in [-0.1, -0.05) is 0 Å². The fourth-order valence-corrected chi connectivity index (χ4v) is 1.47. The number of nitrogens with zero attached hydrogens (tertiary/aromatic N) is 2. The van der Waals surface area contributed by atoms with E-state index >= 15 is 0 Å². The third kappa shape index (κ3) is 4.18. The van der Waals surface area contributed by atoms with Crippen molar-refractivity contribution in [1.29, 1.82) is 0 Å². The first-order chi connectivity index (χ1) is 7.47. The van der Waals surface area contributed by atoms with Gasteiger partial charge in [0.1, 0.15) is 0 Å². The predicted molar refractivity (Wildman–Crippen MR) is 63.7 cm³/mol. The number of hydrazone groups is 1. The second-order valence-electron chi connectivity index (χ2n) is 3.36. The van der Waals surface area contributed by atoms with Crippen molar-refractivity contribution in [2.75, 3.05) is 0 Å². The van der Waals surface area contributed by atoms with Crippen molar-refractivity contribution >= 4 is 24.0 Å². The molecule has 6 nitrogen and oxygen atoms in total. The third-order valence-corrected chi connectivity index (χ3v) is 1.92. The van der Waals surface area contributed by atoms with Crippen molar-refractivity contribution in [1.82, 2.24) is 15.4 Å². The molecule has 0 bridgehead atoms. The molecule has 4 N–H and O–H groups in total. The van der Waals surface area contributed by atoms with Crippen molar-refractivity contribution in [3.8, 4) is 0 Å². The van der Waals surface area contributed by atoms with Gasteiger partial charge in [0, 0.05) is 17.8 Å². The number of urea groups is 1. The first kappa shape index (κ1) is 12.3. The summed E-state index contributed by atoms with van der Waals surface area (Å²) in [6.45, 7) is 3.67. The van der Waals surface area contributed by atoms with E-state index in [2.05, 4.69) is 20.5 Å². The number of H-pyrrole nitrogens is 1. The van der Waals surface area contributed by atoms with E-state index in [0.29, 0.717) is 16.9 Å². The highest BCUT2D eigenvalue weighted by atomic mass is 32.1. The Bertz CT molecular complexity index is 479. The molecule has 0 fully saturated rings. The Kier molecular flexibility index (Phi) is 4.12. The van der Waals surface area contributed by atoms with Crippen LogP contribution in [0.1, 0.15) is 18.3 Å². The van der Waals surface area contributed by atoms with Crippen LogP contribution in [0.15, 0.2) is 11.2 Å². The van der Waals surface area contributed by atoms with E-state index in [1.807, 2.05) is 13.0 Å². The van der Waals surface area contributed by atoms with Crippen molar-refractivity contribution in [3.63, 3.8) is 0 Å². The molecule has 7 heteroatoms.